The van der Waals surface area contributed by atoms with Gasteiger partial charge in [-0.05, 0) is 19.3 Å². The predicted molar refractivity (Wildman–Crippen MR) is 217 cm³/mol. The van der Waals surface area contributed by atoms with Crippen LogP contribution in [0.3, 0.4) is 0 Å². The van der Waals surface area contributed by atoms with E-state index >= 15 is 0 Å². The van der Waals surface area contributed by atoms with Crippen molar-refractivity contribution in [1.82, 2.24) is 0 Å². The molecule has 0 aliphatic rings. The van der Waals surface area contributed by atoms with Gasteiger partial charge in [0.15, 0.2) is 0 Å². The van der Waals surface area contributed by atoms with Gasteiger partial charge in [0.25, 0.3) is 0 Å². The molecule has 3 atom stereocenters. The van der Waals surface area contributed by atoms with E-state index in [1.54, 1.807) is 6.08 Å². The summed E-state index contributed by atoms with van der Waals surface area (Å²) < 4.78 is 34.3. The van der Waals surface area contributed by atoms with Crippen LogP contribution in [0.15, 0.2) is 12.2 Å². The highest BCUT2D eigenvalue weighted by Crippen LogP contribution is 2.36. The second-order valence-corrected chi connectivity index (χ2v) is 17.0. The third-order valence-corrected chi connectivity index (χ3v) is 10.0. The Labute approximate surface area is 328 Å². The molecule has 0 aromatic carbocycles. The third kappa shape index (κ3) is 47.5. The van der Waals surface area contributed by atoms with E-state index in [0.717, 1.165) is 32.1 Å². The van der Waals surface area contributed by atoms with Crippen LogP contribution in [0.1, 0.15) is 194 Å². The third-order valence-electron chi connectivity index (χ3n) is 9.04. The molecule has 0 aromatic rings. The summed E-state index contributed by atoms with van der Waals surface area (Å²) in [5, 5.41) is 19.2. The monoisotopic (exact) mass is 818 g/mol. The topological polar surface area (TPSA) is 226 Å². The zero-order valence-electron chi connectivity index (χ0n) is 33.9. The number of nitrogens with two attached hydrogens (primary N) is 1. The van der Waals surface area contributed by atoms with Gasteiger partial charge in [0, 0.05) is 6.42 Å². The maximum Gasteiger partial charge on any atom is 0.469 e. The SMILES string of the molecule is CCCCCCCCCCCCC/C=C\[C@@H](O)[C@@H](N)COP(=O)(O)O.CCCCCCCCCCCCCCCCCC(=O)OC[C@@H](O)COP(=O)(O)O. The first-order valence-corrected chi connectivity index (χ1v) is 24.1. The summed E-state index contributed by atoms with van der Waals surface area (Å²) in [6.07, 6.45) is 35.6. The van der Waals surface area contributed by atoms with E-state index < -0.39 is 46.5 Å². The Morgan fingerprint density at radius 2 is 0.907 bits per heavy atom. The Balaban J connectivity index is 0. The maximum absolute atomic E-state index is 11.6. The number of carbonyl (C=O) groups excluding carboxylic acids is 1. The number of rotatable bonds is 38. The molecule has 0 rings (SSSR count). The number of phosphoric ester groups is 2. The number of ether oxygens (including phenoxy) is 1. The average Bonchev–Trinajstić information content (AvgIpc) is 3.11. The van der Waals surface area contributed by atoms with Crippen LogP contribution in [0.4, 0.5) is 0 Å². The minimum atomic E-state index is -4.61. The quantitative estimate of drug-likeness (QED) is 0.0134. The highest BCUT2D eigenvalue weighted by Gasteiger charge is 2.20. The number of allylic oxidation sites excluding steroid dienone is 1. The second-order valence-electron chi connectivity index (χ2n) is 14.5. The Kier molecular flexibility index (Phi) is 40.2. The largest absolute Gasteiger partial charge is 0.469 e. The number of unbranched alkanes of at least 4 members (excludes halogenated alkanes) is 25. The maximum atomic E-state index is 11.6. The summed E-state index contributed by atoms with van der Waals surface area (Å²) >= 11 is 0. The van der Waals surface area contributed by atoms with E-state index in [2.05, 4.69) is 22.9 Å². The second kappa shape index (κ2) is 39.2. The van der Waals surface area contributed by atoms with Crippen LogP contribution >= 0.6 is 15.6 Å². The molecule has 0 aliphatic heterocycles. The molecule has 324 valence electrons. The van der Waals surface area contributed by atoms with Crippen molar-refractivity contribution in [3.63, 3.8) is 0 Å². The zero-order valence-corrected chi connectivity index (χ0v) is 35.7. The first-order chi connectivity index (χ1) is 25.7. The van der Waals surface area contributed by atoms with Gasteiger partial charge in [-0.3, -0.25) is 13.8 Å². The highest BCUT2D eigenvalue weighted by atomic mass is 31.2. The predicted octanol–water partition coefficient (Wildman–Crippen LogP) is 9.30. The summed E-state index contributed by atoms with van der Waals surface area (Å²) in [6.45, 7) is 3.22. The van der Waals surface area contributed by atoms with Crippen LogP contribution in [0.2, 0.25) is 0 Å². The molecule has 0 heterocycles. The molecule has 0 unspecified atom stereocenters. The normalized spacial score (nSPS) is 13.8. The molecule has 0 bridgehead atoms. The number of phosphoric acid groups is 2. The summed E-state index contributed by atoms with van der Waals surface area (Å²) in [5.74, 6) is -0.407. The number of aliphatic hydroxyl groups is 2. The van der Waals surface area contributed by atoms with Crippen LogP contribution in [-0.2, 0) is 27.7 Å². The van der Waals surface area contributed by atoms with Crippen LogP contribution in [0.25, 0.3) is 0 Å². The van der Waals surface area contributed by atoms with E-state index in [1.165, 1.54) is 141 Å². The van der Waals surface area contributed by atoms with Crippen molar-refractivity contribution in [3.8, 4) is 0 Å². The standard InChI is InChI=1S/C21H43O7P.C18H38NO5P/c1-2-3-4-5-6-7-8-9-10-11-12-13-14-15-16-17-21(23)27-18-20(22)19-28-29(24,25)26;1-2-3-4-5-6-7-8-9-10-11-12-13-14-15-18(20)17(19)16-24-25(21,22)23/h20,22H,2-19H2,1H3,(H2,24,25,26);14-15,17-18,20H,2-13,16,19H2,1H3,(H2,21,22,23)/b;15-14-/t20-;17-,18+/m10/s1. The minimum Gasteiger partial charge on any atom is -0.463 e. The Hall–Kier alpha value is -0.690. The van der Waals surface area contributed by atoms with Gasteiger partial charge in [-0.25, -0.2) is 9.13 Å². The van der Waals surface area contributed by atoms with Crippen molar-refractivity contribution in [1.29, 1.82) is 0 Å². The molecule has 13 nitrogen and oxygen atoms in total. The van der Waals surface area contributed by atoms with Crippen LogP contribution in [-0.4, -0.2) is 73.8 Å². The van der Waals surface area contributed by atoms with Crippen molar-refractivity contribution in [3.05, 3.63) is 12.2 Å². The molecule has 8 N–H and O–H groups in total. The van der Waals surface area contributed by atoms with E-state index in [9.17, 15) is 24.1 Å². The summed E-state index contributed by atoms with van der Waals surface area (Å²) in [7, 11) is -9.15. The van der Waals surface area contributed by atoms with Crippen molar-refractivity contribution in [2.45, 2.75) is 212 Å². The van der Waals surface area contributed by atoms with Gasteiger partial charge in [0.1, 0.15) is 12.7 Å². The summed E-state index contributed by atoms with van der Waals surface area (Å²) in [5.41, 5.74) is 5.60. The van der Waals surface area contributed by atoms with E-state index in [1.807, 2.05) is 6.08 Å². The Morgan fingerprint density at radius 3 is 1.30 bits per heavy atom. The lowest BCUT2D eigenvalue weighted by atomic mass is 10.0. The van der Waals surface area contributed by atoms with Gasteiger partial charge in [0.05, 0.1) is 25.4 Å². The first-order valence-electron chi connectivity index (χ1n) is 21.1. The number of aliphatic hydroxyl groups excluding tert-OH is 2. The molecule has 54 heavy (non-hydrogen) atoms. The molecule has 0 saturated carbocycles. The minimum absolute atomic E-state index is 0.296. The van der Waals surface area contributed by atoms with Crippen molar-refractivity contribution < 1.29 is 57.5 Å². The first kappa shape index (κ1) is 55.4. The molecule has 15 heteroatoms. The van der Waals surface area contributed by atoms with Crippen molar-refractivity contribution >= 4 is 21.6 Å². The average molecular weight is 818 g/mol. The lowest BCUT2D eigenvalue weighted by Gasteiger charge is -2.15. The molecule has 0 spiro atoms. The number of hydrogen-bond acceptors (Lipinski definition) is 9. The number of carbonyl (C=O) groups is 1. The molecule has 0 amide bonds. The van der Waals surface area contributed by atoms with Gasteiger partial charge in [-0.1, -0.05) is 180 Å². The highest BCUT2D eigenvalue weighted by molar-refractivity contribution is 7.46. The van der Waals surface area contributed by atoms with E-state index in [-0.39, 0.29) is 13.2 Å². The molecule has 0 radical (unpaired) electrons. The Morgan fingerprint density at radius 1 is 0.556 bits per heavy atom. The van der Waals surface area contributed by atoms with Crippen molar-refractivity contribution in [2.75, 3.05) is 19.8 Å². The number of esters is 1. The van der Waals surface area contributed by atoms with Gasteiger partial charge in [-0.15, -0.1) is 0 Å². The molecule has 0 aromatic heterocycles. The van der Waals surface area contributed by atoms with Gasteiger partial charge in [0.2, 0.25) is 0 Å². The van der Waals surface area contributed by atoms with Gasteiger partial charge >= 0.3 is 21.6 Å². The fraction of sp³-hybridized carbons (Fsp3) is 0.923. The fourth-order valence-electron chi connectivity index (χ4n) is 5.72. The molecule has 0 fully saturated rings. The van der Waals surface area contributed by atoms with Gasteiger partial charge in [-0.2, -0.15) is 0 Å². The summed E-state index contributed by atoms with van der Waals surface area (Å²) in [6, 6.07) is -0.846. The molecule has 0 aliphatic carbocycles. The van der Waals surface area contributed by atoms with E-state index in [4.69, 9.17) is 30.0 Å². The lowest BCUT2D eigenvalue weighted by Crippen LogP contribution is -2.37. The fourth-order valence-corrected chi connectivity index (χ4v) is 6.45. The zero-order chi connectivity index (χ0) is 40.8. The lowest BCUT2D eigenvalue weighted by molar-refractivity contribution is -0.147. The molecule has 0 saturated heterocycles. The van der Waals surface area contributed by atoms with Crippen LogP contribution in [0, 0.1) is 0 Å². The smallest absolute Gasteiger partial charge is 0.463 e. The van der Waals surface area contributed by atoms with Crippen LogP contribution in [0.5, 0.6) is 0 Å². The summed E-state index contributed by atoms with van der Waals surface area (Å²) in [4.78, 5) is 45.7. The number of hydrogen-bond donors (Lipinski definition) is 7. The van der Waals surface area contributed by atoms with E-state index in [0.29, 0.717) is 6.42 Å². The van der Waals surface area contributed by atoms with Crippen LogP contribution < -0.4 is 5.73 Å². The molecular formula is C39H81NO12P2. The Bertz CT molecular complexity index is 947. The van der Waals surface area contributed by atoms with Gasteiger partial charge < -0.3 is 40.3 Å². The van der Waals surface area contributed by atoms with Crippen molar-refractivity contribution in [2.24, 2.45) is 5.73 Å². The molecular weight excluding hydrogens is 736 g/mol.